The van der Waals surface area contributed by atoms with Gasteiger partial charge >= 0.3 is 0 Å². The fourth-order valence-electron chi connectivity index (χ4n) is 2.65. The quantitative estimate of drug-likeness (QED) is 0.857. The Hall–Kier alpha value is -1.00. The lowest BCUT2D eigenvalue weighted by Gasteiger charge is -2.21. The summed E-state index contributed by atoms with van der Waals surface area (Å²) in [4.78, 5) is 0. The lowest BCUT2D eigenvalue weighted by atomic mass is 9.98. The molecule has 0 saturated carbocycles. The molecule has 2 unspecified atom stereocenters. The van der Waals surface area contributed by atoms with Crippen molar-refractivity contribution in [1.29, 1.82) is 0 Å². The van der Waals surface area contributed by atoms with Crippen molar-refractivity contribution in [3.05, 3.63) is 35.4 Å². The monoisotopic (exact) mass is 269 g/mol. The van der Waals surface area contributed by atoms with E-state index < -0.39 is 11.6 Å². The largest absolute Gasteiger partial charge is 0.378 e. The van der Waals surface area contributed by atoms with Crippen LogP contribution in [0.2, 0.25) is 0 Å². The molecule has 19 heavy (non-hydrogen) atoms. The van der Waals surface area contributed by atoms with E-state index in [0.29, 0.717) is 6.42 Å². The summed E-state index contributed by atoms with van der Waals surface area (Å²) in [5.74, 6) is -0.925. The highest BCUT2D eigenvalue weighted by molar-refractivity contribution is 5.20. The third kappa shape index (κ3) is 3.98. The Morgan fingerprint density at radius 3 is 2.68 bits per heavy atom. The number of ether oxygens (including phenoxy) is 1. The predicted molar refractivity (Wildman–Crippen MR) is 71.1 cm³/mol. The number of hydrogen-bond donors (Lipinski definition) is 1. The minimum Gasteiger partial charge on any atom is -0.378 e. The summed E-state index contributed by atoms with van der Waals surface area (Å²) in [5, 5.41) is 3.30. The molecule has 2 atom stereocenters. The first-order chi connectivity index (χ1) is 9.20. The first-order valence-electron chi connectivity index (χ1n) is 6.98. The van der Waals surface area contributed by atoms with Gasteiger partial charge in [0, 0.05) is 18.2 Å². The van der Waals surface area contributed by atoms with Crippen LogP contribution in [0.15, 0.2) is 18.2 Å². The van der Waals surface area contributed by atoms with Crippen LogP contribution >= 0.6 is 0 Å². The van der Waals surface area contributed by atoms with Crippen LogP contribution in [0.3, 0.4) is 0 Å². The number of rotatable bonds is 6. The number of nitrogens with one attached hydrogen (secondary N) is 1. The van der Waals surface area contributed by atoms with Gasteiger partial charge in [0.05, 0.1) is 6.10 Å². The third-order valence-electron chi connectivity index (χ3n) is 3.58. The van der Waals surface area contributed by atoms with Crippen molar-refractivity contribution >= 4 is 0 Å². The maximum absolute atomic E-state index is 13.7. The summed E-state index contributed by atoms with van der Waals surface area (Å²) >= 11 is 0. The number of halogens is 2. The average Bonchev–Trinajstić information content (AvgIpc) is 2.87. The van der Waals surface area contributed by atoms with Crippen LogP contribution in [0.1, 0.15) is 31.7 Å². The van der Waals surface area contributed by atoms with E-state index in [9.17, 15) is 8.78 Å². The topological polar surface area (TPSA) is 21.3 Å². The zero-order valence-electron chi connectivity index (χ0n) is 11.3. The molecular weight excluding hydrogens is 248 g/mol. The van der Waals surface area contributed by atoms with Gasteiger partial charge in [0.25, 0.3) is 0 Å². The number of hydrogen-bond acceptors (Lipinski definition) is 2. The summed E-state index contributed by atoms with van der Waals surface area (Å²) in [7, 11) is 0. The van der Waals surface area contributed by atoms with Gasteiger partial charge < -0.3 is 10.1 Å². The van der Waals surface area contributed by atoms with Crippen LogP contribution in [0.4, 0.5) is 8.78 Å². The van der Waals surface area contributed by atoms with Crippen LogP contribution in [-0.2, 0) is 11.2 Å². The molecule has 0 spiro atoms. The van der Waals surface area contributed by atoms with E-state index in [0.717, 1.165) is 32.4 Å². The van der Waals surface area contributed by atoms with Gasteiger partial charge in [-0.2, -0.15) is 0 Å². The zero-order chi connectivity index (χ0) is 13.7. The Balaban J connectivity index is 2.02. The Bertz CT molecular complexity index is 385. The number of benzene rings is 1. The minimum absolute atomic E-state index is 0.0551. The van der Waals surface area contributed by atoms with Crippen molar-refractivity contribution in [2.24, 2.45) is 0 Å². The normalized spacial score (nSPS) is 20.7. The summed E-state index contributed by atoms with van der Waals surface area (Å²) in [6.07, 6.45) is 3.52. The first-order valence-corrected chi connectivity index (χ1v) is 6.98. The van der Waals surface area contributed by atoms with Gasteiger partial charge in [-0.25, -0.2) is 8.78 Å². The molecule has 1 aromatic rings. The second-order valence-corrected chi connectivity index (χ2v) is 5.03. The SMILES string of the molecule is CCNC(Cc1c(F)cccc1F)CC1CCCO1. The molecule has 4 heteroatoms. The van der Waals surface area contributed by atoms with Crippen molar-refractivity contribution < 1.29 is 13.5 Å². The lowest BCUT2D eigenvalue weighted by Crippen LogP contribution is -2.35. The van der Waals surface area contributed by atoms with Gasteiger partial charge in [0.1, 0.15) is 11.6 Å². The summed E-state index contributed by atoms with van der Waals surface area (Å²) in [5.41, 5.74) is 0.173. The van der Waals surface area contributed by atoms with Gasteiger partial charge in [-0.3, -0.25) is 0 Å². The second kappa shape index (κ2) is 6.96. The van der Waals surface area contributed by atoms with Crippen LogP contribution in [0.25, 0.3) is 0 Å². The van der Waals surface area contributed by atoms with E-state index in [1.807, 2.05) is 6.92 Å². The van der Waals surface area contributed by atoms with E-state index in [2.05, 4.69) is 5.32 Å². The van der Waals surface area contributed by atoms with Gasteiger partial charge in [0.15, 0.2) is 0 Å². The van der Waals surface area contributed by atoms with Crippen molar-refractivity contribution in [3.63, 3.8) is 0 Å². The summed E-state index contributed by atoms with van der Waals surface area (Å²) in [6.45, 7) is 3.59. The van der Waals surface area contributed by atoms with E-state index in [1.54, 1.807) is 0 Å². The molecule has 1 heterocycles. The first kappa shape index (κ1) is 14.4. The highest BCUT2D eigenvalue weighted by Crippen LogP contribution is 2.21. The van der Waals surface area contributed by atoms with Gasteiger partial charge in [-0.05, 0) is 44.4 Å². The molecule has 1 saturated heterocycles. The van der Waals surface area contributed by atoms with Crippen molar-refractivity contribution in [2.45, 2.75) is 44.8 Å². The molecule has 0 bridgehead atoms. The third-order valence-corrected chi connectivity index (χ3v) is 3.58. The fraction of sp³-hybridized carbons (Fsp3) is 0.600. The van der Waals surface area contributed by atoms with Crippen LogP contribution < -0.4 is 5.32 Å². The zero-order valence-corrected chi connectivity index (χ0v) is 11.3. The summed E-state index contributed by atoms with van der Waals surface area (Å²) in [6, 6.07) is 4.08. The fourth-order valence-corrected chi connectivity index (χ4v) is 2.65. The van der Waals surface area contributed by atoms with Crippen molar-refractivity contribution in [2.75, 3.05) is 13.2 Å². The maximum atomic E-state index is 13.7. The molecule has 0 aliphatic carbocycles. The van der Waals surface area contributed by atoms with E-state index in [-0.39, 0.29) is 17.7 Å². The Morgan fingerprint density at radius 1 is 1.37 bits per heavy atom. The molecule has 2 nitrogen and oxygen atoms in total. The average molecular weight is 269 g/mol. The maximum Gasteiger partial charge on any atom is 0.129 e. The van der Waals surface area contributed by atoms with Crippen LogP contribution in [0, 0.1) is 11.6 Å². The van der Waals surface area contributed by atoms with Gasteiger partial charge in [0.2, 0.25) is 0 Å². The van der Waals surface area contributed by atoms with E-state index in [1.165, 1.54) is 18.2 Å². The van der Waals surface area contributed by atoms with Crippen molar-refractivity contribution in [3.8, 4) is 0 Å². The van der Waals surface area contributed by atoms with Gasteiger partial charge in [-0.1, -0.05) is 13.0 Å². The molecule has 1 aliphatic rings. The van der Waals surface area contributed by atoms with Crippen LogP contribution in [0.5, 0.6) is 0 Å². The molecule has 1 aliphatic heterocycles. The molecule has 1 N–H and O–H groups in total. The Morgan fingerprint density at radius 2 is 2.11 bits per heavy atom. The Labute approximate surface area is 113 Å². The van der Waals surface area contributed by atoms with Crippen molar-refractivity contribution in [1.82, 2.24) is 5.32 Å². The molecule has 2 rings (SSSR count). The number of likely N-dealkylation sites (N-methyl/N-ethyl adjacent to an activating group) is 1. The lowest BCUT2D eigenvalue weighted by molar-refractivity contribution is 0.0945. The summed E-state index contributed by atoms with van der Waals surface area (Å²) < 4.78 is 32.9. The molecule has 0 radical (unpaired) electrons. The molecule has 0 aromatic heterocycles. The minimum atomic E-state index is -0.463. The highest BCUT2D eigenvalue weighted by atomic mass is 19.1. The molecule has 1 fully saturated rings. The molecule has 1 aromatic carbocycles. The smallest absolute Gasteiger partial charge is 0.129 e. The molecular formula is C15H21F2NO. The predicted octanol–water partition coefficient (Wildman–Crippen LogP) is 3.05. The molecule has 106 valence electrons. The molecule has 0 amide bonds. The Kier molecular flexibility index (Phi) is 5.28. The highest BCUT2D eigenvalue weighted by Gasteiger charge is 2.22. The standard InChI is InChI=1S/C15H21F2NO/c1-2-18-11(9-12-5-4-8-19-12)10-13-14(16)6-3-7-15(13)17/h3,6-7,11-12,18H,2,4-5,8-10H2,1H3. The van der Waals surface area contributed by atoms with Gasteiger partial charge in [-0.15, -0.1) is 0 Å². The van der Waals surface area contributed by atoms with E-state index >= 15 is 0 Å². The van der Waals surface area contributed by atoms with Crippen LogP contribution in [-0.4, -0.2) is 25.3 Å². The second-order valence-electron chi connectivity index (χ2n) is 5.03. The van der Waals surface area contributed by atoms with E-state index in [4.69, 9.17) is 4.74 Å².